The van der Waals surface area contributed by atoms with Crippen LogP contribution >= 0.6 is 34.8 Å². The molecule has 14 heteroatoms. The van der Waals surface area contributed by atoms with Gasteiger partial charge in [0.15, 0.2) is 12.4 Å². The van der Waals surface area contributed by atoms with Crippen molar-refractivity contribution < 1.29 is 23.9 Å². The molecule has 3 amide bonds. The number of halogens is 3. The number of azo groups is 1. The van der Waals surface area contributed by atoms with Gasteiger partial charge in [0.25, 0.3) is 17.7 Å². The van der Waals surface area contributed by atoms with Gasteiger partial charge in [-0.3, -0.25) is 14.4 Å². The Morgan fingerprint density at radius 1 is 0.855 bits per heavy atom. The Balaban J connectivity index is 1.35. The van der Waals surface area contributed by atoms with E-state index in [0.29, 0.717) is 22.9 Å². The number of nitrogens with one attached hydrogen (secondary N) is 2. The first-order chi connectivity index (χ1) is 26.1. The zero-order chi connectivity index (χ0) is 40.1. The molecule has 0 aliphatic carbocycles. The molecule has 0 aromatic heterocycles. The van der Waals surface area contributed by atoms with Crippen molar-refractivity contribution in [3.8, 4) is 11.5 Å². The number of methoxy groups -OCH3 is 1. The molecule has 0 spiro atoms. The molecule has 1 unspecified atom stereocenters. The van der Waals surface area contributed by atoms with Crippen molar-refractivity contribution in [3.63, 3.8) is 0 Å². The van der Waals surface area contributed by atoms with Crippen LogP contribution in [0.1, 0.15) is 75.9 Å². The molecule has 0 saturated heterocycles. The number of amides is 3. The number of anilines is 2. The van der Waals surface area contributed by atoms with Gasteiger partial charge >= 0.3 is 0 Å². The number of ether oxygens (including phenoxy) is 2. The summed E-state index contributed by atoms with van der Waals surface area (Å²) in [4.78, 5) is 40.6. The van der Waals surface area contributed by atoms with Gasteiger partial charge in [-0.2, -0.15) is 15.2 Å². The lowest BCUT2D eigenvalue weighted by atomic mass is 9.76. The highest BCUT2D eigenvalue weighted by Crippen LogP contribution is 2.40. The SMILES string of the molecule is CCC(C)(C)c1ccc(OCC(=O)Nc2cccc(C(=O)NC3=NN(c4c(Cl)cc(Cl)cc4Cl)C(=O)C3N=Nc3ccccc3OC)c2)c(C(C)(C)CC)c1. The van der Waals surface area contributed by atoms with Gasteiger partial charge in [-0.1, -0.05) is 107 Å². The zero-order valence-electron chi connectivity index (χ0n) is 31.7. The van der Waals surface area contributed by atoms with Crippen LogP contribution in [0.3, 0.4) is 0 Å². The van der Waals surface area contributed by atoms with Crippen LogP contribution in [0.2, 0.25) is 15.1 Å². The number of rotatable bonds is 13. The van der Waals surface area contributed by atoms with Gasteiger partial charge in [0.1, 0.15) is 22.9 Å². The molecule has 55 heavy (non-hydrogen) atoms. The molecule has 4 aromatic rings. The summed E-state index contributed by atoms with van der Waals surface area (Å²) >= 11 is 19.0. The maximum atomic E-state index is 13.8. The van der Waals surface area contributed by atoms with Crippen molar-refractivity contribution in [2.24, 2.45) is 15.3 Å². The fraction of sp³-hybridized carbons (Fsp3) is 0.317. The number of carbonyl (C=O) groups excluding carboxylic acids is 3. The molecule has 5 rings (SSSR count). The van der Waals surface area contributed by atoms with Crippen molar-refractivity contribution in [2.45, 2.75) is 71.3 Å². The summed E-state index contributed by atoms with van der Waals surface area (Å²) < 4.78 is 11.4. The number of hydrogen-bond donors (Lipinski definition) is 2. The van der Waals surface area contributed by atoms with Crippen molar-refractivity contribution in [3.05, 3.63) is 111 Å². The second kappa shape index (κ2) is 17.2. The molecule has 0 saturated carbocycles. The van der Waals surface area contributed by atoms with Crippen LogP contribution in [0.5, 0.6) is 11.5 Å². The first-order valence-electron chi connectivity index (χ1n) is 17.7. The van der Waals surface area contributed by atoms with E-state index in [2.05, 4.69) is 79.6 Å². The Morgan fingerprint density at radius 2 is 1.55 bits per heavy atom. The third kappa shape index (κ3) is 9.47. The van der Waals surface area contributed by atoms with Crippen LogP contribution in [0.25, 0.3) is 0 Å². The highest BCUT2D eigenvalue weighted by molar-refractivity contribution is 6.43. The number of nitrogens with zero attached hydrogens (tertiary/aromatic N) is 4. The third-order valence-electron chi connectivity index (χ3n) is 9.74. The van der Waals surface area contributed by atoms with Gasteiger partial charge in [0.2, 0.25) is 6.04 Å². The smallest absolute Gasteiger partial charge is 0.282 e. The van der Waals surface area contributed by atoms with Crippen LogP contribution in [0.4, 0.5) is 17.1 Å². The molecule has 4 aromatic carbocycles. The number of amidine groups is 1. The van der Waals surface area contributed by atoms with Gasteiger partial charge in [-0.05, 0) is 77.8 Å². The van der Waals surface area contributed by atoms with Gasteiger partial charge in [0, 0.05) is 21.8 Å². The second-order valence-corrected chi connectivity index (χ2v) is 15.5. The van der Waals surface area contributed by atoms with E-state index in [1.54, 1.807) is 42.5 Å². The minimum Gasteiger partial charge on any atom is -0.494 e. The Morgan fingerprint density at radius 3 is 2.22 bits per heavy atom. The van der Waals surface area contributed by atoms with Crippen LogP contribution in [0, 0.1) is 0 Å². The molecule has 1 heterocycles. The van der Waals surface area contributed by atoms with E-state index in [1.165, 1.54) is 30.9 Å². The first kappa shape index (κ1) is 41.2. The highest BCUT2D eigenvalue weighted by Gasteiger charge is 2.40. The highest BCUT2D eigenvalue weighted by atomic mass is 35.5. The topological polar surface area (TPSA) is 134 Å². The van der Waals surface area contributed by atoms with E-state index in [4.69, 9.17) is 44.3 Å². The number of hydrazone groups is 1. The van der Waals surface area contributed by atoms with Crippen LogP contribution in [-0.2, 0) is 20.4 Å². The first-order valence-corrected chi connectivity index (χ1v) is 18.8. The lowest BCUT2D eigenvalue weighted by Gasteiger charge is -2.30. The second-order valence-electron chi connectivity index (χ2n) is 14.2. The Hall–Kier alpha value is -4.97. The minimum atomic E-state index is -1.39. The summed E-state index contributed by atoms with van der Waals surface area (Å²) in [6, 6.07) is 20.8. The number of para-hydroxylation sites is 1. The maximum Gasteiger partial charge on any atom is 0.282 e. The summed E-state index contributed by atoms with van der Waals surface area (Å²) in [5.74, 6) is -0.805. The number of hydrogen-bond acceptors (Lipinski definition) is 8. The maximum absolute atomic E-state index is 13.8. The quantitative estimate of drug-likeness (QED) is 0.130. The van der Waals surface area contributed by atoms with E-state index >= 15 is 0 Å². The summed E-state index contributed by atoms with van der Waals surface area (Å²) in [7, 11) is 1.48. The average molecular weight is 806 g/mol. The predicted molar refractivity (Wildman–Crippen MR) is 219 cm³/mol. The van der Waals surface area contributed by atoms with E-state index in [9.17, 15) is 14.4 Å². The molecule has 0 radical (unpaired) electrons. The van der Waals surface area contributed by atoms with Crippen LogP contribution in [-0.4, -0.2) is 43.3 Å². The summed E-state index contributed by atoms with van der Waals surface area (Å²) in [5.41, 5.74) is 2.98. The molecule has 0 fully saturated rings. The molecule has 11 nitrogen and oxygen atoms in total. The van der Waals surface area contributed by atoms with Crippen LogP contribution in [0.15, 0.2) is 94.2 Å². The van der Waals surface area contributed by atoms with E-state index in [-0.39, 0.29) is 49.6 Å². The van der Waals surface area contributed by atoms with Gasteiger partial charge in [-0.15, -0.1) is 5.10 Å². The zero-order valence-corrected chi connectivity index (χ0v) is 33.9. The Kier molecular flexibility index (Phi) is 12.9. The molecule has 1 aliphatic rings. The molecule has 1 atom stereocenters. The third-order valence-corrected chi connectivity index (χ3v) is 10.5. The Bertz CT molecular complexity index is 2150. The summed E-state index contributed by atoms with van der Waals surface area (Å²) in [6.45, 7) is 12.8. The fourth-order valence-corrected chi connectivity index (χ4v) is 6.62. The molecule has 288 valence electrons. The molecule has 1 aliphatic heterocycles. The average Bonchev–Trinajstić information content (AvgIpc) is 3.45. The van der Waals surface area contributed by atoms with Gasteiger partial charge < -0.3 is 20.1 Å². The van der Waals surface area contributed by atoms with E-state index in [1.807, 2.05) is 6.07 Å². The van der Waals surface area contributed by atoms with Gasteiger partial charge in [0.05, 0.1) is 17.2 Å². The standard InChI is InChI=1S/C41H43Cl3N6O5/c1-8-40(3,4)25-17-18-32(28(20-25)41(5,6)9-2)55-23-34(51)45-27-14-12-13-24(19-27)38(52)46-37-35(48-47-31-15-10-11-16-33(31)54-7)39(53)50(49-37)36-29(43)21-26(42)22-30(36)44/h10-22,35H,8-9,23H2,1-7H3,(H,45,51)(H,46,49,52). The monoisotopic (exact) mass is 804 g/mol. The van der Waals surface area contributed by atoms with Crippen molar-refractivity contribution in [1.82, 2.24) is 5.32 Å². The van der Waals surface area contributed by atoms with Crippen LogP contribution < -0.4 is 25.1 Å². The Labute approximate surface area is 336 Å². The lowest BCUT2D eigenvalue weighted by Crippen LogP contribution is -2.39. The van der Waals surface area contributed by atoms with Crippen molar-refractivity contribution >= 4 is 75.4 Å². The molecular formula is C41H43Cl3N6O5. The van der Waals surface area contributed by atoms with E-state index in [0.717, 1.165) is 23.4 Å². The van der Waals surface area contributed by atoms with Crippen molar-refractivity contribution in [1.29, 1.82) is 0 Å². The summed E-state index contributed by atoms with van der Waals surface area (Å²) in [5, 5.41) is 19.6. The minimum absolute atomic E-state index is 0.00942. The summed E-state index contributed by atoms with van der Waals surface area (Å²) in [6.07, 6.45) is 1.86. The normalized spacial score (nSPS) is 14.6. The largest absolute Gasteiger partial charge is 0.494 e. The molecule has 2 N–H and O–H groups in total. The fourth-order valence-electron chi connectivity index (χ4n) is 5.64. The van der Waals surface area contributed by atoms with E-state index < -0.39 is 23.8 Å². The lowest BCUT2D eigenvalue weighted by molar-refractivity contribution is -0.118. The molecule has 0 bridgehead atoms. The predicted octanol–water partition coefficient (Wildman–Crippen LogP) is 10.3. The van der Waals surface area contributed by atoms with Crippen molar-refractivity contribution in [2.75, 3.05) is 24.0 Å². The molecular weight excluding hydrogens is 763 g/mol. The number of carbonyl (C=O) groups is 3. The number of benzene rings is 4. The van der Waals surface area contributed by atoms with Gasteiger partial charge in [-0.25, -0.2) is 0 Å².